The fourth-order valence-electron chi connectivity index (χ4n) is 2.48. The highest BCUT2D eigenvalue weighted by atomic mass is 19.1. The number of carbonyl (C=O) groups excluding carboxylic acids is 1. The van der Waals surface area contributed by atoms with Crippen molar-refractivity contribution in [3.8, 4) is 0 Å². The molecule has 0 N–H and O–H groups in total. The van der Waals surface area contributed by atoms with E-state index in [4.69, 9.17) is 0 Å². The zero-order valence-electron chi connectivity index (χ0n) is 9.79. The van der Waals surface area contributed by atoms with E-state index in [1.807, 2.05) is 19.9 Å². The number of hydrogen-bond donors (Lipinski definition) is 0. The van der Waals surface area contributed by atoms with E-state index < -0.39 is 0 Å². The topological polar surface area (TPSA) is 17.1 Å². The van der Waals surface area contributed by atoms with Crippen molar-refractivity contribution in [2.24, 2.45) is 11.3 Å². The Morgan fingerprint density at radius 2 is 2.19 bits per heavy atom. The van der Waals surface area contributed by atoms with Crippen LogP contribution in [-0.4, -0.2) is 6.29 Å². The van der Waals surface area contributed by atoms with Crippen molar-refractivity contribution in [3.63, 3.8) is 0 Å². The van der Waals surface area contributed by atoms with E-state index >= 15 is 0 Å². The SMILES string of the molecule is CC(C)(C=O)C1CCc2cccc(F)c2C1. The van der Waals surface area contributed by atoms with Gasteiger partial charge in [-0.25, -0.2) is 4.39 Å². The van der Waals surface area contributed by atoms with Gasteiger partial charge in [0.15, 0.2) is 0 Å². The Balaban J connectivity index is 2.30. The smallest absolute Gasteiger partial charge is 0.126 e. The third-order valence-electron chi connectivity index (χ3n) is 3.78. The van der Waals surface area contributed by atoms with Gasteiger partial charge in [-0.15, -0.1) is 0 Å². The number of hydrogen-bond acceptors (Lipinski definition) is 1. The molecule has 1 aromatic rings. The molecule has 0 bridgehead atoms. The minimum absolute atomic E-state index is 0.121. The quantitative estimate of drug-likeness (QED) is 0.700. The lowest BCUT2D eigenvalue weighted by molar-refractivity contribution is -0.117. The number of aldehydes is 1. The predicted molar refractivity (Wildman–Crippen MR) is 61.8 cm³/mol. The van der Waals surface area contributed by atoms with Gasteiger partial charge in [-0.3, -0.25) is 0 Å². The van der Waals surface area contributed by atoms with Crippen molar-refractivity contribution >= 4 is 6.29 Å². The highest BCUT2D eigenvalue weighted by Crippen LogP contribution is 2.37. The second-order valence-electron chi connectivity index (χ2n) is 5.26. The number of benzene rings is 1. The Hall–Kier alpha value is -1.18. The third-order valence-corrected chi connectivity index (χ3v) is 3.78. The third kappa shape index (κ3) is 1.89. The van der Waals surface area contributed by atoms with Gasteiger partial charge in [0.05, 0.1) is 0 Å². The molecule has 0 spiro atoms. The van der Waals surface area contributed by atoms with Crippen molar-refractivity contribution in [1.29, 1.82) is 0 Å². The maximum absolute atomic E-state index is 13.6. The maximum Gasteiger partial charge on any atom is 0.126 e. The van der Waals surface area contributed by atoms with Gasteiger partial charge in [-0.05, 0) is 42.4 Å². The van der Waals surface area contributed by atoms with Crippen LogP contribution in [0.4, 0.5) is 4.39 Å². The van der Waals surface area contributed by atoms with Crippen LogP contribution >= 0.6 is 0 Å². The van der Waals surface area contributed by atoms with E-state index in [0.29, 0.717) is 6.42 Å². The molecule has 1 aliphatic carbocycles. The Morgan fingerprint density at radius 3 is 2.88 bits per heavy atom. The number of carbonyl (C=O) groups is 1. The summed E-state index contributed by atoms with van der Waals surface area (Å²) in [6.45, 7) is 3.88. The first-order valence-electron chi connectivity index (χ1n) is 5.77. The molecule has 1 nitrogen and oxygen atoms in total. The summed E-state index contributed by atoms with van der Waals surface area (Å²) in [5, 5.41) is 0. The monoisotopic (exact) mass is 220 g/mol. The molecule has 0 fully saturated rings. The number of aryl methyl sites for hydroxylation is 1. The van der Waals surface area contributed by atoms with Crippen LogP contribution in [0.25, 0.3) is 0 Å². The zero-order chi connectivity index (χ0) is 11.8. The molecule has 0 saturated heterocycles. The van der Waals surface area contributed by atoms with Crippen LogP contribution in [0.5, 0.6) is 0 Å². The first kappa shape index (κ1) is 11.3. The van der Waals surface area contributed by atoms with E-state index in [0.717, 1.165) is 30.3 Å². The van der Waals surface area contributed by atoms with Crippen LogP contribution in [-0.2, 0) is 17.6 Å². The molecule has 1 aliphatic rings. The van der Waals surface area contributed by atoms with E-state index in [9.17, 15) is 9.18 Å². The van der Waals surface area contributed by atoms with Gasteiger partial charge >= 0.3 is 0 Å². The van der Waals surface area contributed by atoms with Crippen LogP contribution in [0.1, 0.15) is 31.4 Å². The van der Waals surface area contributed by atoms with Crippen LogP contribution in [0.3, 0.4) is 0 Å². The predicted octanol–water partition coefficient (Wildman–Crippen LogP) is 3.16. The first-order valence-corrected chi connectivity index (χ1v) is 5.77. The van der Waals surface area contributed by atoms with Crippen molar-refractivity contribution in [1.82, 2.24) is 0 Å². The summed E-state index contributed by atoms with van der Waals surface area (Å²) in [6.07, 6.45) is 3.55. The van der Waals surface area contributed by atoms with Crippen molar-refractivity contribution < 1.29 is 9.18 Å². The highest BCUT2D eigenvalue weighted by Gasteiger charge is 2.32. The molecule has 0 amide bonds. The fourth-order valence-corrected chi connectivity index (χ4v) is 2.48. The summed E-state index contributed by atoms with van der Waals surface area (Å²) in [4.78, 5) is 11.0. The van der Waals surface area contributed by atoms with Crippen molar-refractivity contribution in [3.05, 3.63) is 35.1 Å². The van der Waals surface area contributed by atoms with Gasteiger partial charge < -0.3 is 4.79 Å². The number of fused-ring (bicyclic) bond motifs is 1. The van der Waals surface area contributed by atoms with E-state index in [-0.39, 0.29) is 17.2 Å². The summed E-state index contributed by atoms with van der Waals surface area (Å²) >= 11 is 0. The fraction of sp³-hybridized carbons (Fsp3) is 0.500. The summed E-state index contributed by atoms with van der Waals surface area (Å²) in [6, 6.07) is 5.26. The molecule has 86 valence electrons. The molecule has 0 aliphatic heterocycles. The van der Waals surface area contributed by atoms with Gasteiger partial charge in [0, 0.05) is 5.41 Å². The van der Waals surface area contributed by atoms with Crippen LogP contribution < -0.4 is 0 Å². The molecule has 0 heterocycles. The van der Waals surface area contributed by atoms with E-state index in [1.165, 1.54) is 6.07 Å². The molecule has 2 rings (SSSR count). The molecular formula is C14H17FO. The number of halogens is 1. The maximum atomic E-state index is 13.6. The summed E-state index contributed by atoms with van der Waals surface area (Å²) in [5.74, 6) is 0.137. The molecule has 1 aromatic carbocycles. The average molecular weight is 220 g/mol. The van der Waals surface area contributed by atoms with Gasteiger partial charge in [-0.1, -0.05) is 26.0 Å². The van der Waals surface area contributed by atoms with Crippen molar-refractivity contribution in [2.45, 2.75) is 33.1 Å². The Morgan fingerprint density at radius 1 is 1.44 bits per heavy atom. The van der Waals surface area contributed by atoms with Gasteiger partial charge in [-0.2, -0.15) is 0 Å². The average Bonchev–Trinajstić information content (AvgIpc) is 2.29. The lowest BCUT2D eigenvalue weighted by Gasteiger charge is -2.33. The second-order valence-corrected chi connectivity index (χ2v) is 5.26. The molecule has 1 unspecified atom stereocenters. The van der Waals surface area contributed by atoms with Gasteiger partial charge in [0.2, 0.25) is 0 Å². The van der Waals surface area contributed by atoms with Gasteiger partial charge in [0.25, 0.3) is 0 Å². The zero-order valence-corrected chi connectivity index (χ0v) is 9.79. The molecule has 0 radical (unpaired) electrons. The number of rotatable bonds is 2. The van der Waals surface area contributed by atoms with Crippen LogP contribution in [0.2, 0.25) is 0 Å². The van der Waals surface area contributed by atoms with Crippen LogP contribution in [0, 0.1) is 17.2 Å². The minimum Gasteiger partial charge on any atom is -0.303 e. The molecule has 0 saturated carbocycles. The first-order chi connectivity index (χ1) is 7.54. The Bertz CT molecular complexity index is 409. The van der Waals surface area contributed by atoms with Crippen molar-refractivity contribution in [2.75, 3.05) is 0 Å². The van der Waals surface area contributed by atoms with E-state index in [2.05, 4.69) is 0 Å². The standard InChI is InChI=1S/C14H17FO/c1-14(2,9-16)11-7-6-10-4-3-5-13(15)12(10)8-11/h3-5,9,11H,6-8H2,1-2H3. The summed E-state index contributed by atoms with van der Waals surface area (Å²) in [5.41, 5.74) is 1.58. The van der Waals surface area contributed by atoms with Crippen LogP contribution in [0.15, 0.2) is 18.2 Å². The minimum atomic E-state index is -0.347. The second kappa shape index (κ2) is 4.00. The lowest BCUT2D eigenvalue weighted by atomic mass is 9.70. The molecule has 1 atom stereocenters. The molecule has 2 heteroatoms. The molecular weight excluding hydrogens is 203 g/mol. The molecule has 0 aromatic heterocycles. The summed E-state index contributed by atoms with van der Waals surface area (Å²) in [7, 11) is 0. The Labute approximate surface area is 95.7 Å². The van der Waals surface area contributed by atoms with Gasteiger partial charge in [0.1, 0.15) is 12.1 Å². The Kier molecular flexibility index (Phi) is 2.83. The van der Waals surface area contributed by atoms with E-state index in [1.54, 1.807) is 6.07 Å². The highest BCUT2D eigenvalue weighted by molar-refractivity contribution is 5.59. The summed E-state index contributed by atoms with van der Waals surface area (Å²) < 4.78 is 13.6. The normalized spacial score (nSPS) is 20.3. The largest absolute Gasteiger partial charge is 0.303 e. The molecule has 16 heavy (non-hydrogen) atoms. The lowest BCUT2D eigenvalue weighted by Crippen LogP contribution is -2.31.